The Bertz CT molecular complexity index is 475. The predicted octanol–water partition coefficient (Wildman–Crippen LogP) is 1.88. The lowest BCUT2D eigenvalue weighted by Crippen LogP contribution is -2.50. The van der Waals surface area contributed by atoms with Gasteiger partial charge in [-0.25, -0.2) is 9.59 Å². The zero-order chi connectivity index (χ0) is 15.1. The van der Waals surface area contributed by atoms with Gasteiger partial charge in [-0.1, -0.05) is 30.3 Å². The third kappa shape index (κ3) is 5.30. The molecule has 6 heteroatoms. The highest BCUT2D eigenvalue weighted by Crippen LogP contribution is 2.16. The summed E-state index contributed by atoms with van der Waals surface area (Å²) in [6.45, 7) is 0. The lowest BCUT2D eigenvalue weighted by molar-refractivity contribution is -0.139. The van der Waals surface area contributed by atoms with E-state index in [0.29, 0.717) is 0 Å². The molecule has 0 unspecified atom stereocenters. The Hall–Kier alpha value is -1.69. The van der Waals surface area contributed by atoms with Crippen LogP contribution in [-0.4, -0.2) is 40.7 Å². The van der Waals surface area contributed by atoms with Crippen LogP contribution in [0.25, 0.3) is 0 Å². The highest BCUT2D eigenvalue weighted by Gasteiger charge is 2.22. The summed E-state index contributed by atoms with van der Waals surface area (Å²) in [6.07, 6.45) is 2.16. The van der Waals surface area contributed by atoms with Gasteiger partial charge in [0.05, 0.1) is 0 Å². The lowest BCUT2D eigenvalue weighted by atomic mass is 10.1. The van der Waals surface area contributed by atoms with Crippen LogP contribution in [0.5, 0.6) is 0 Å². The molecule has 1 saturated heterocycles. The second-order valence-electron chi connectivity index (χ2n) is 5.08. The Balaban J connectivity index is 1.86. The predicted molar refractivity (Wildman–Crippen MR) is 83.6 cm³/mol. The number of hydrogen-bond donors (Lipinski definition) is 3. The number of carbonyl (C=O) groups is 2. The summed E-state index contributed by atoms with van der Waals surface area (Å²) >= 11 is 1.88. The minimum Gasteiger partial charge on any atom is -0.480 e. The third-order valence-corrected chi connectivity index (χ3v) is 4.49. The van der Waals surface area contributed by atoms with Crippen LogP contribution in [0.15, 0.2) is 30.3 Å². The first-order valence-electron chi connectivity index (χ1n) is 7.06. The number of rotatable bonds is 5. The van der Waals surface area contributed by atoms with Crippen LogP contribution < -0.4 is 10.6 Å². The van der Waals surface area contributed by atoms with Gasteiger partial charge in [-0.05, 0) is 29.9 Å². The van der Waals surface area contributed by atoms with Crippen LogP contribution in [-0.2, 0) is 11.2 Å². The zero-order valence-corrected chi connectivity index (χ0v) is 12.6. The number of thioether (sulfide) groups is 1. The van der Waals surface area contributed by atoms with E-state index in [0.717, 1.165) is 29.9 Å². The standard InChI is InChI=1S/C15H20N2O3S/c18-14(19)13(10-11-4-2-1-3-5-11)17-15(20)16-12-6-8-21-9-7-12/h1-5,12-13H,6-10H2,(H,18,19)(H2,16,17,20)/t13-/m1/s1. The monoisotopic (exact) mass is 308 g/mol. The largest absolute Gasteiger partial charge is 0.480 e. The van der Waals surface area contributed by atoms with Crippen LogP contribution in [0.4, 0.5) is 4.79 Å². The van der Waals surface area contributed by atoms with Crippen molar-refractivity contribution in [1.29, 1.82) is 0 Å². The van der Waals surface area contributed by atoms with Gasteiger partial charge in [0.15, 0.2) is 0 Å². The van der Waals surface area contributed by atoms with Crippen molar-refractivity contribution in [2.24, 2.45) is 0 Å². The summed E-state index contributed by atoms with van der Waals surface area (Å²) in [5.41, 5.74) is 0.888. The molecule has 0 aliphatic carbocycles. The van der Waals surface area contributed by atoms with Crippen molar-refractivity contribution in [3.05, 3.63) is 35.9 Å². The number of hydrogen-bond acceptors (Lipinski definition) is 3. The number of amides is 2. The molecule has 1 heterocycles. The Morgan fingerprint density at radius 2 is 1.90 bits per heavy atom. The van der Waals surface area contributed by atoms with E-state index in [1.54, 1.807) is 0 Å². The summed E-state index contributed by atoms with van der Waals surface area (Å²) < 4.78 is 0. The van der Waals surface area contributed by atoms with E-state index in [9.17, 15) is 14.7 Å². The van der Waals surface area contributed by atoms with Crippen molar-refractivity contribution in [3.63, 3.8) is 0 Å². The maximum atomic E-state index is 11.9. The zero-order valence-electron chi connectivity index (χ0n) is 11.7. The molecule has 0 spiro atoms. The number of nitrogens with one attached hydrogen (secondary N) is 2. The van der Waals surface area contributed by atoms with Crippen LogP contribution in [0, 0.1) is 0 Å². The SMILES string of the molecule is O=C(NC1CCSCC1)N[C@H](Cc1ccccc1)C(=O)O. The van der Waals surface area contributed by atoms with Gasteiger partial charge in [-0.15, -0.1) is 0 Å². The van der Waals surface area contributed by atoms with Crippen LogP contribution in [0.3, 0.4) is 0 Å². The first-order chi connectivity index (χ1) is 10.1. The summed E-state index contributed by atoms with van der Waals surface area (Å²) in [4.78, 5) is 23.2. The molecule has 2 amide bonds. The van der Waals surface area contributed by atoms with Gasteiger partial charge in [-0.2, -0.15) is 11.8 Å². The average Bonchev–Trinajstić information content (AvgIpc) is 2.48. The van der Waals surface area contributed by atoms with Crippen molar-refractivity contribution in [1.82, 2.24) is 10.6 Å². The molecule has 0 radical (unpaired) electrons. The Morgan fingerprint density at radius 1 is 1.24 bits per heavy atom. The van der Waals surface area contributed by atoms with Crippen molar-refractivity contribution in [2.75, 3.05) is 11.5 Å². The van der Waals surface area contributed by atoms with Gasteiger partial charge < -0.3 is 15.7 Å². The second kappa shape index (κ2) is 7.93. The van der Waals surface area contributed by atoms with E-state index < -0.39 is 18.0 Å². The molecule has 0 saturated carbocycles. The Kier molecular flexibility index (Phi) is 5.92. The number of carbonyl (C=O) groups excluding carboxylic acids is 1. The van der Waals surface area contributed by atoms with Crippen molar-refractivity contribution < 1.29 is 14.7 Å². The second-order valence-corrected chi connectivity index (χ2v) is 6.31. The number of aliphatic carboxylic acids is 1. The highest BCUT2D eigenvalue weighted by atomic mass is 32.2. The topological polar surface area (TPSA) is 78.4 Å². The van der Waals surface area contributed by atoms with Gasteiger partial charge in [0.2, 0.25) is 0 Å². The van der Waals surface area contributed by atoms with E-state index >= 15 is 0 Å². The maximum Gasteiger partial charge on any atom is 0.326 e. The van der Waals surface area contributed by atoms with Crippen LogP contribution >= 0.6 is 11.8 Å². The first-order valence-corrected chi connectivity index (χ1v) is 8.22. The molecule has 114 valence electrons. The highest BCUT2D eigenvalue weighted by molar-refractivity contribution is 7.99. The van der Waals surface area contributed by atoms with E-state index in [1.807, 2.05) is 42.1 Å². The molecule has 0 bridgehead atoms. The molecular weight excluding hydrogens is 288 g/mol. The van der Waals surface area contributed by atoms with Crippen LogP contribution in [0.1, 0.15) is 18.4 Å². The van der Waals surface area contributed by atoms with Crippen molar-refractivity contribution >= 4 is 23.8 Å². The number of urea groups is 1. The molecule has 5 nitrogen and oxygen atoms in total. The number of carboxylic acids is 1. The minimum atomic E-state index is -1.02. The van der Waals surface area contributed by atoms with E-state index in [4.69, 9.17) is 0 Å². The smallest absolute Gasteiger partial charge is 0.326 e. The Morgan fingerprint density at radius 3 is 2.52 bits per heavy atom. The third-order valence-electron chi connectivity index (χ3n) is 3.44. The fraction of sp³-hybridized carbons (Fsp3) is 0.467. The minimum absolute atomic E-state index is 0.150. The fourth-order valence-electron chi connectivity index (χ4n) is 2.28. The van der Waals surface area contributed by atoms with Gasteiger partial charge in [0.1, 0.15) is 6.04 Å². The molecule has 1 aliphatic heterocycles. The Labute approximate surface area is 128 Å². The van der Waals surface area contributed by atoms with Crippen LogP contribution in [0.2, 0.25) is 0 Å². The van der Waals surface area contributed by atoms with Gasteiger partial charge >= 0.3 is 12.0 Å². The van der Waals surface area contributed by atoms with Crippen molar-refractivity contribution in [2.45, 2.75) is 31.3 Å². The average molecular weight is 308 g/mol. The van der Waals surface area contributed by atoms with Gasteiger partial charge in [0, 0.05) is 12.5 Å². The normalized spacial score (nSPS) is 17.0. The first kappa shape index (κ1) is 15.7. The number of benzene rings is 1. The molecule has 3 N–H and O–H groups in total. The summed E-state index contributed by atoms with van der Waals surface area (Å²) in [7, 11) is 0. The molecule has 1 atom stereocenters. The summed E-state index contributed by atoms with van der Waals surface area (Å²) in [5.74, 6) is 1.06. The molecule has 2 rings (SSSR count). The molecular formula is C15H20N2O3S. The van der Waals surface area contributed by atoms with Gasteiger partial charge in [-0.3, -0.25) is 0 Å². The molecule has 1 aromatic rings. The molecule has 1 aliphatic rings. The molecule has 1 fully saturated rings. The lowest BCUT2D eigenvalue weighted by Gasteiger charge is -2.24. The van der Waals surface area contributed by atoms with E-state index in [1.165, 1.54) is 0 Å². The molecule has 0 aromatic heterocycles. The molecule has 21 heavy (non-hydrogen) atoms. The number of carboxylic acid groups (broad SMARTS) is 1. The van der Waals surface area contributed by atoms with E-state index in [2.05, 4.69) is 10.6 Å². The van der Waals surface area contributed by atoms with E-state index in [-0.39, 0.29) is 12.5 Å². The quantitative estimate of drug-likeness (QED) is 0.776. The summed E-state index contributed by atoms with van der Waals surface area (Å²) in [5, 5.41) is 14.7. The van der Waals surface area contributed by atoms with Gasteiger partial charge in [0.25, 0.3) is 0 Å². The summed E-state index contributed by atoms with van der Waals surface area (Å²) in [6, 6.07) is 8.14. The maximum absolute atomic E-state index is 11.9. The fourth-order valence-corrected chi connectivity index (χ4v) is 3.38. The van der Waals surface area contributed by atoms with Crippen molar-refractivity contribution in [3.8, 4) is 0 Å². The molecule has 1 aromatic carbocycles.